The van der Waals surface area contributed by atoms with Crippen molar-refractivity contribution in [3.63, 3.8) is 0 Å². The summed E-state index contributed by atoms with van der Waals surface area (Å²) in [5, 5.41) is 0. The SMILES string of the molecule is NCCCC(N)(C(=O)OCc1ccccc1)C(F)F. The van der Waals surface area contributed by atoms with E-state index in [4.69, 9.17) is 16.2 Å². The molecular weight excluding hydrogens is 254 g/mol. The molecular formula is C13H18F2N2O2. The van der Waals surface area contributed by atoms with E-state index in [1.807, 2.05) is 0 Å². The van der Waals surface area contributed by atoms with Gasteiger partial charge in [-0.05, 0) is 24.9 Å². The molecule has 4 N–H and O–H groups in total. The fourth-order valence-corrected chi connectivity index (χ4v) is 1.55. The molecule has 0 saturated heterocycles. The van der Waals surface area contributed by atoms with Crippen molar-refractivity contribution in [2.45, 2.75) is 31.4 Å². The first kappa shape index (κ1) is 15.5. The van der Waals surface area contributed by atoms with Crippen LogP contribution in [0.5, 0.6) is 0 Å². The van der Waals surface area contributed by atoms with Crippen LogP contribution in [0.3, 0.4) is 0 Å². The second kappa shape index (κ2) is 7.16. The lowest BCUT2D eigenvalue weighted by Gasteiger charge is -2.26. The van der Waals surface area contributed by atoms with Gasteiger partial charge in [-0.25, -0.2) is 13.6 Å². The van der Waals surface area contributed by atoms with Crippen LogP contribution in [0.2, 0.25) is 0 Å². The Hall–Kier alpha value is -1.53. The Morgan fingerprint density at radius 3 is 2.47 bits per heavy atom. The highest BCUT2D eigenvalue weighted by molar-refractivity contribution is 5.81. The average Bonchev–Trinajstić information content (AvgIpc) is 2.42. The molecule has 1 aromatic rings. The maximum atomic E-state index is 12.9. The van der Waals surface area contributed by atoms with E-state index in [1.165, 1.54) is 0 Å². The highest BCUT2D eigenvalue weighted by Crippen LogP contribution is 2.21. The molecule has 19 heavy (non-hydrogen) atoms. The van der Waals surface area contributed by atoms with Gasteiger partial charge >= 0.3 is 5.97 Å². The van der Waals surface area contributed by atoms with Gasteiger partial charge in [0.15, 0.2) is 5.54 Å². The van der Waals surface area contributed by atoms with E-state index in [2.05, 4.69) is 0 Å². The van der Waals surface area contributed by atoms with E-state index in [0.717, 1.165) is 0 Å². The minimum Gasteiger partial charge on any atom is -0.459 e. The Labute approximate surface area is 110 Å². The third-order valence-corrected chi connectivity index (χ3v) is 2.78. The van der Waals surface area contributed by atoms with Crippen molar-refractivity contribution in [2.75, 3.05) is 6.54 Å². The molecule has 6 heteroatoms. The van der Waals surface area contributed by atoms with Gasteiger partial charge < -0.3 is 16.2 Å². The maximum absolute atomic E-state index is 12.9. The quantitative estimate of drug-likeness (QED) is 0.736. The summed E-state index contributed by atoms with van der Waals surface area (Å²) >= 11 is 0. The fourth-order valence-electron chi connectivity index (χ4n) is 1.55. The van der Waals surface area contributed by atoms with Crippen LogP contribution in [0.15, 0.2) is 30.3 Å². The van der Waals surface area contributed by atoms with Gasteiger partial charge in [-0.2, -0.15) is 0 Å². The largest absolute Gasteiger partial charge is 0.459 e. The molecule has 0 fully saturated rings. The standard InChI is InChI=1S/C13H18F2N2O2/c14-11(15)13(17,7-4-8-16)12(18)19-9-10-5-2-1-3-6-10/h1-3,5-6,11H,4,7-9,16-17H2. The fraction of sp³-hybridized carbons (Fsp3) is 0.462. The molecule has 0 amide bonds. The first-order valence-electron chi connectivity index (χ1n) is 5.99. The lowest BCUT2D eigenvalue weighted by molar-refractivity contribution is -0.158. The van der Waals surface area contributed by atoms with Gasteiger partial charge in [0, 0.05) is 0 Å². The minimum absolute atomic E-state index is 0.0754. The summed E-state index contributed by atoms with van der Waals surface area (Å²) in [6, 6.07) is 8.79. The summed E-state index contributed by atoms with van der Waals surface area (Å²) in [5.41, 5.74) is 9.13. The zero-order valence-corrected chi connectivity index (χ0v) is 10.5. The maximum Gasteiger partial charge on any atom is 0.332 e. The molecule has 1 atom stereocenters. The van der Waals surface area contributed by atoms with Crippen LogP contribution < -0.4 is 11.5 Å². The summed E-state index contributed by atoms with van der Waals surface area (Å²) < 4.78 is 30.7. The van der Waals surface area contributed by atoms with Crippen molar-refractivity contribution in [3.05, 3.63) is 35.9 Å². The van der Waals surface area contributed by atoms with Gasteiger partial charge in [0.25, 0.3) is 6.43 Å². The van der Waals surface area contributed by atoms with Crippen molar-refractivity contribution in [1.29, 1.82) is 0 Å². The third kappa shape index (κ3) is 4.25. The number of esters is 1. The molecule has 0 aromatic heterocycles. The summed E-state index contributed by atoms with van der Waals surface area (Å²) in [4.78, 5) is 11.7. The molecule has 0 bridgehead atoms. The Bertz CT molecular complexity index is 401. The van der Waals surface area contributed by atoms with E-state index in [-0.39, 0.29) is 26.0 Å². The van der Waals surface area contributed by atoms with Gasteiger partial charge in [-0.3, -0.25) is 0 Å². The first-order chi connectivity index (χ1) is 9.00. The predicted octanol–water partition coefficient (Wildman–Crippen LogP) is 1.43. The molecule has 1 aromatic carbocycles. The molecule has 1 unspecified atom stereocenters. The molecule has 0 aliphatic rings. The van der Waals surface area contributed by atoms with Crippen LogP contribution in [-0.2, 0) is 16.1 Å². The van der Waals surface area contributed by atoms with Crippen LogP contribution in [0.4, 0.5) is 8.78 Å². The Kier molecular flexibility index (Phi) is 5.85. The number of rotatable bonds is 7. The van der Waals surface area contributed by atoms with Gasteiger partial charge in [-0.1, -0.05) is 30.3 Å². The van der Waals surface area contributed by atoms with E-state index < -0.39 is 17.9 Å². The number of ether oxygens (including phenoxy) is 1. The van der Waals surface area contributed by atoms with Crippen LogP contribution >= 0.6 is 0 Å². The highest BCUT2D eigenvalue weighted by Gasteiger charge is 2.44. The van der Waals surface area contributed by atoms with E-state index in [9.17, 15) is 13.6 Å². The summed E-state index contributed by atoms with van der Waals surface area (Å²) in [6.45, 7) is 0.117. The second-order valence-corrected chi connectivity index (χ2v) is 4.30. The van der Waals surface area contributed by atoms with Crippen molar-refractivity contribution >= 4 is 5.97 Å². The number of hydrogen-bond donors (Lipinski definition) is 2. The topological polar surface area (TPSA) is 78.3 Å². The molecule has 1 rings (SSSR count). The lowest BCUT2D eigenvalue weighted by Crippen LogP contribution is -2.55. The average molecular weight is 272 g/mol. The van der Waals surface area contributed by atoms with Crippen LogP contribution in [0.25, 0.3) is 0 Å². The van der Waals surface area contributed by atoms with Crippen molar-refractivity contribution < 1.29 is 18.3 Å². The lowest BCUT2D eigenvalue weighted by atomic mass is 9.95. The minimum atomic E-state index is -2.98. The second-order valence-electron chi connectivity index (χ2n) is 4.30. The number of hydrogen-bond acceptors (Lipinski definition) is 4. The van der Waals surface area contributed by atoms with Crippen molar-refractivity contribution in [2.24, 2.45) is 11.5 Å². The first-order valence-corrected chi connectivity index (χ1v) is 5.99. The van der Waals surface area contributed by atoms with Crippen LogP contribution in [0, 0.1) is 0 Å². The summed E-state index contributed by atoms with van der Waals surface area (Å²) in [7, 11) is 0. The molecule has 0 radical (unpaired) electrons. The van der Waals surface area contributed by atoms with E-state index in [1.54, 1.807) is 30.3 Å². The van der Waals surface area contributed by atoms with Gasteiger partial charge in [0.1, 0.15) is 6.61 Å². The van der Waals surface area contributed by atoms with E-state index in [0.29, 0.717) is 5.56 Å². The molecule has 4 nitrogen and oxygen atoms in total. The summed E-state index contributed by atoms with van der Waals surface area (Å²) in [5.74, 6) is -1.10. The molecule has 0 saturated carbocycles. The molecule has 106 valence electrons. The van der Waals surface area contributed by atoms with Gasteiger partial charge in [0.2, 0.25) is 0 Å². The third-order valence-electron chi connectivity index (χ3n) is 2.78. The van der Waals surface area contributed by atoms with Crippen molar-refractivity contribution in [1.82, 2.24) is 0 Å². The van der Waals surface area contributed by atoms with Crippen LogP contribution in [-0.4, -0.2) is 24.5 Å². The number of alkyl halides is 2. The predicted molar refractivity (Wildman–Crippen MR) is 67.4 cm³/mol. The molecule has 0 aliphatic heterocycles. The molecule has 0 aliphatic carbocycles. The zero-order chi connectivity index (χ0) is 14.3. The smallest absolute Gasteiger partial charge is 0.332 e. The normalized spacial score (nSPS) is 14.2. The zero-order valence-electron chi connectivity index (χ0n) is 10.5. The molecule has 0 spiro atoms. The van der Waals surface area contributed by atoms with E-state index >= 15 is 0 Å². The van der Waals surface area contributed by atoms with Gasteiger partial charge in [-0.15, -0.1) is 0 Å². The highest BCUT2D eigenvalue weighted by atomic mass is 19.3. The van der Waals surface area contributed by atoms with Crippen LogP contribution in [0.1, 0.15) is 18.4 Å². The monoisotopic (exact) mass is 272 g/mol. The Balaban J connectivity index is 2.62. The Morgan fingerprint density at radius 1 is 1.32 bits per heavy atom. The van der Waals surface area contributed by atoms with Crippen molar-refractivity contribution in [3.8, 4) is 0 Å². The number of halogens is 2. The molecule has 0 heterocycles. The Morgan fingerprint density at radius 2 is 1.95 bits per heavy atom. The number of carbonyl (C=O) groups is 1. The summed E-state index contributed by atoms with van der Waals surface area (Å²) in [6.07, 6.45) is -2.95. The number of carbonyl (C=O) groups excluding carboxylic acids is 1. The number of benzene rings is 1. The van der Waals surface area contributed by atoms with Gasteiger partial charge in [0.05, 0.1) is 0 Å². The number of nitrogens with two attached hydrogens (primary N) is 2.